The third-order valence-corrected chi connectivity index (χ3v) is 3.76. The van der Waals surface area contributed by atoms with Crippen LogP contribution < -0.4 is 15.5 Å². The van der Waals surface area contributed by atoms with E-state index in [9.17, 15) is 4.79 Å². The van der Waals surface area contributed by atoms with Crippen LogP contribution in [0.25, 0.3) is 0 Å². The highest BCUT2D eigenvalue weighted by Crippen LogP contribution is 2.20. The lowest BCUT2D eigenvalue weighted by Gasteiger charge is -2.26. The predicted octanol–water partition coefficient (Wildman–Crippen LogP) is 2.93. The van der Waals surface area contributed by atoms with Crippen molar-refractivity contribution in [2.75, 3.05) is 11.9 Å². The van der Waals surface area contributed by atoms with Crippen LogP contribution in [-0.2, 0) is 13.1 Å². The first-order valence-electron chi connectivity index (χ1n) is 7.79. The fourth-order valence-electron chi connectivity index (χ4n) is 2.21. The second-order valence-electron chi connectivity index (χ2n) is 5.73. The van der Waals surface area contributed by atoms with Gasteiger partial charge in [0.05, 0.1) is 0 Å². The minimum Gasteiger partial charge on any atom is -0.372 e. The molecule has 1 aromatic carbocycles. The first kappa shape index (κ1) is 16.8. The number of para-hydroxylation sites is 1. The summed E-state index contributed by atoms with van der Waals surface area (Å²) in [7, 11) is 2.06. The van der Waals surface area contributed by atoms with Gasteiger partial charge in [-0.2, -0.15) is 0 Å². The molecule has 0 aliphatic rings. The third kappa shape index (κ3) is 4.98. The van der Waals surface area contributed by atoms with Gasteiger partial charge >= 0.3 is 6.03 Å². The van der Waals surface area contributed by atoms with E-state index in [1.807, 2.05) is 30.3 Å². The van der Waals surface area contributed by atoms with Crippen LogP contribution in [0.4, 0.5) is 10.5 Å². The van der Waals surface area contributed by atoms with Gasteiger partial charge in [-0.05, 0) is 37.1 Å². The molecule has 0 unspecified atom stereocenters. The van der Waals surface area contributed by atoms with Crippen LogP contribution in [-0.4, -0.2) is 24.1 Å². The lowest BCUT2D eigenvalue weighted by Crippen LogP contribution is -2.35. The van der Waals surface area contributed by atoms with Crippen LogP contribution in [0.1, 0.15) is 25.0 Å². The number of nitrogens with one attached hydrogen (secondary N) is 2. The van der Waals surface area contributed by atoms with E-state index < -0.39 is 0 Å². The predicted molar refractivity (Wildman–Crippen MR) is 93.3 cm³/mol. The van der Waals surface area contributed by atoms with E-state index in [2.05, 4.69) is 47.5 Å². The fourth-order valence-corrected chi connectivity index (χ4v) is 2.21. The van der Waals surface area contributed by atoms with Crippen LogP contribution in [0.3, 0.4) is 0 Å². The molecule has 1 aromatic heterocycles. The van der Waals surface area contributed by atoms with Crippen molar-refractivity contribution >= 4 is 11.7 Å². The number of nitrogens with zero attached hydrogens (tertiary/aromatic N) is 2. The number of carbonyl (C=O) groups excluding carboxylic acids is 1. The summed E-state index contributed by atoms with van der Waals surface area (Å²) in [5, 5.41) is 5.74. The van der Waals surface area contributed by atoms with Gasteiger partial charge < -0.3 is 15.5 Å². The molecule has 1 heterocycles. The smallest absolute Gasteiger partial charge is 0.315 e. The Bertz CT molecular complexity index is 628. The van der Waals surface area contributed by atoms with Crippen molar-refractivity contribution in [3.05, 3.63) is 59.9 Å². The molecule has 2 N–H and O–H groups in total. The summed E-state index contributed by atoms with van der Waals surface area (Å²) in [5.74, 6) is 0. The summed E-state index contributed by atoms with van der Waals surface area (Å²) < 4.78 is 0. The van der Waals surface area contributed by atoms with E-state index in [1.54, 1.807) is 12.4 Å². The van der Waals surface area contributed by atoms with Crippen molar-refractivity contribution in [1.29, 1.82) is 0 Å². The van der Waals surface area contributed by atoms with Crippen molar-refractivity contribution in [2.45, 2.75) is 33.0 Å². The average Bonchev–Trinajstić information content (AvgIpc) is 2.58. The molecule has 0 bridgehead atoms. The van der Waals surface area contributed by atoms with Crippen LogP contribution >= 0.6 is 0 Å². The highest BCUT2D eigenvalue weighted by Gasteiger charge is 2.10. The molecule has 2 aromatic rings. The van der Waals surface area contributed by atoms with E-state index >= 15 is 0 Å². The number of benzene rings is 1. The monoisotopic (exact) mass is 312 g/mol. The second-order valence-corrected chi connectivity index (χ2v) is 5.73. The Morgan fingerprint density at radius 2 is 1.87 bits per heavy atom. The van der Waals surface area contributed by atoms with Gasteiger partial charge in [0.25, 0.3) is 0 Å². The molecule has 0 atom stereocenters. The van der Waals surface area contributed by atoms with Gasteiger partial charge in [-0.15, -0.1) is 0 Å². The zero-order valence-corrected chi connectivity index (χ0v) is 13.9. The fraction of sp³-hybridized carbons (Fsp3) is 0.333. The molecule has 0 spiro atoms. The van der Waals surface area contributed by atoms with Crippen molar-refractivity contribution in [1.82, 2.24) is 15.6 Å². The van der Waals surface area contributed by atoms with Crippen molar-refractivity contribution in [3.8, 4) is 0 Å². The third-order valence-electron chi connectivity index (χ3n) is 3.76. The first-order chi connectivity index (χ1) is 11.1. The number of urea groups is 1. The zero-order valence-electron chi connectivity index (χ0n) is 13.9. The molecular weight excluding hydrogens is 288 g/mol. The maximum absolute atomic E-state index is 11.9. The Labute approximate surface area is 137 Å². The summed E-state index contributed by atoms with van der Waals surface area (Å²) >= 11 is 0. The lowest BCUT2D eigenvalue weighted by molar-refractivity contribution is 0.240. The van der Waals surface area contributed by atoms with Crippen molar-refractivity contribution < 1.29 is 4.79 Å². The van der Waals surface area contributed by atoms with E-state index in [0.717, 1.165) is 16.8 Å². The van der Waals surface area contributed by atoms with Gasteiger partial charge in [0.15, 0.2) is 0 Å². The molecular formula is C18H24N4O. The van der Waals surface area contributed by atoms with Gasteiger partial charge in [0.2, 0.25) is 0 Å². The molecule has 5 nitrogen and oxygen atoms in total. The Balaban J connectivity index is 1.89. The quantitative estimate of drug-likeness (QED) is 0.862. The molecule has 2 amide bonds. The highest BCUT2D eigenvalue weighted by atomic mass is 16.2. The Morgan fingerprint density at radius 3 is 2.57 bits per heavy atom. The molecule has 23 heavy (non-hydrogen) atoms. The van der Waals surface area contributed by atoms with Crippen molar-refractivity contribution in [2.24, 2.45) is 0 Å². The topological polar surface area (TPSA) is 57.3 Å². The largest absolute Gasteiger partial charge is 0.372 e. The summed E-state index contributed by atoms with van der Waals surface area (Å²) in [5.41, 5.74) is 3.21. The zero-order chi connectivity index (χ0) is 16.7. The summed E-state index contributed by atoms with van der Waals surface area (Å²) in [4.78, 5) is 18.2. The minimum atomic E-state index is -0.184. The van der Waals surface area contributed by atoms with Gasteiger partial charge in [-0.25, -0.2) is 4.79 Å². The van der Waals surface area contributed by atoms with E-state index in [4.69, 9.17) is 0 Å². The molecule has 0 aliphatic carbocycles. The Morgan fingerprint density at radius 1 is 1.13 bits per heavy atom. The van der Waals surface area contributed by atoms with Crippen LogP contribution in [0.15, 0.2) is 48.8 Å². The molecule has 0 fully saturated rings. The number of aromatic nitrogens is 1. The minimum absolute atomic E-state index is 0.184. The van der Waals surface area contributed by atoms with E-state index in [0.29, 0.717) is 19.1 Å². The van der Waals surface area contributed by atoms with Crippen molar-refractivity contribution in [3.63, 3.8) is 0 Å². The second kappa shape index (κ2) is 8.17. The van der Waals surface area contributed by atoms with Gasteiger partial charge in [-0.1, -0.05) is 24.3 Å². The normalized spacial score (nSPS) is 10.4. The summed E-state index contributed by atoms with van der Waals surface area (Å²) in [6.45, 7) is 5.24. The summed E-state index contributed by atoms with van der Waals surface area (Å²) in [6.07, 6.45) is 3.46. The molecule has 122 valence electrons. The molecule has 0 aliphatic heterocycles. The van der Waals surface area contributed by atoms with Crippen LogP contribution in [0, 0.1) is 0 Å². The molecule has 0 radical (unpaired) electrons. The number of amides is 2. The molecule has 5 heteroatoms. The van der Waals surface area contributed by atoms with E-state index in [1.165, 1.54) is 0 Å². The lowest BCUT2D eigenvalue weighted by atomic mass is 10.1. The standard InChI is InChI=1S/C18H24N4O/c1-14(2)22(3)17-9-5-4-8-16(17)13-21-18(23)20-12-15-7-6-10-19-11-15/h4-11,14H,12-13H2,1-3H3,(H2,20,21,23). The highest BCUT2D eigenvalue weighted by molar-refractivity contribution is 5.74. The van der Waals surface area contributed by atoms with Gasteiger partial charge in [-0.3, -0.25) is 4.98 Å². The van der Waals surface area contributed by atoms with Crippen LogP contribution in [0.5, 0.6) is 0 Å². The maximum atomic E-state index is 11.9. The Hall–Kier alpha value is -2.56. The maximum Gasteiger partial charge on any atom is 0.315 e. The average molecular weight is 312 g/mol. The van der Waals surface area contributed by atoms with Crippen LogP contribution in [0.2, 0.25) is 0 Å². The van der Waals surface area contributed by atoms with Gasteiger partial charge in [0.1, 0.15) is 0 Å². The number of hydrogen-bond acceptors (Lipinski definition) is 3. The molecule has 2 rings (SSSR count). The number of carbonyl (C=O) groups is 1. The SMILES string of the molecule is CC(C)N(C)c1ccccc1CNC(=O)NCc1cccnc1. The number of pyridine rings is 1. The molecule has 0 saturated carbocycles. The number of rotatable bonds is 6. The Kier molecular flexibility index (Phi) is 5.97. The summed E-state index contributed by atoms with van der Waals surface area (Å²) in [6, 6.07) is 12.1. The number of anilines is 1. The number of hydrogen-bond donors (Lipinski definition) is 2. The first-order valence-corrected chi connectivity index (χ1v) is 7.79. The molecule has 0 saturated heterocycles. The van der Waals surface area contributed by atoms with E-state index in [-0.39, 0.29) is 6.03 Å². The van der Waals surface area contributed by atoms with Gasteiger partial charge in [0, 0.05) is 44.3 Å².